The van der Waals surface area contributed by atoms with Crippen molar-refractivity contribution in [1.29, 1.82) is 0 Å². The first kappa shape index (κ1) is 11.1. The molecular formula is C10H17N3O. The van der Waals surface area contributed by atoms with Crippen LogP contribution in [0.5, 0.6) is 0 Å². The van der Waals surface area contributed by atoms with Gasteiger partial charge in [-0.25, -0.2) is 9.97 Å². The zero-order valence-corrected chi connectivity index (χ0v) is 8.90. The Labute approximate surface area is 84.5 Å². The Morgan fingerprint density at radius 1 is 1.50 bits per heavy atom. The molecule has 1 heterocycles. The number of rotatable bonds is 4. The maximum absolute atomic E-state index is 5.90. The molecule has 2 N–H and O–H groups in total. The molecule has 0 spiro atoms. The third-order valence-electron chi connectivity index (χ3n) is 1.79. The molecule has 0 amide bonds. The second-order valence-corrected chi connectivity index (χ2v) is 3.52. The van der Waals surface area contributed by atoms with E-state index in [1.807, 2.05) is 26.8 Å². The fourth-order valence-electron chi connectivity index (χ4n) is 1.06. The molecule has 0 aliphatic carbocycles. The minimum Gasteiger partial charge on any atom is -0.377 e. The highest BCUT2D eigenvalue weighted by Gasteiger charge is 2.08. The molecule has 4 heteroatoms. The van der Waals surface area contributed by atoms with Gasteiger partial charge in [-0.2, -0.15) is 0 Å². The summed E-state index contributed by atoms with van der Waals surface area (Å²) in [4.78, 5) is 8.24. The van der Waals surface area contributed by atoms with Gasteiger partial charge in [0.1, 0.15) is 5.82 Å². The predicted octanol–water partition coefficient (Wildman–Crippen LogP) is 1.21. The number of nitrogens with two attached hydrogens (primary N) is 1. The smallest absolute Gasteiger partial charge is 0.125 e. The summed E-state index contributed by atoms with van der Waals surface area (Å²) in [6.07, 6.45) is 1.91. The average Bonchev–Trinajstić information content (AvgIpc) is 2.14. The van der Waals surface area contributed by atoms with E-state index in [1.54, 1.807) is 6.20 Å². The first-order valence-corrected chi connectivity index (χ1v) is 4.76. The van der Waals surface area contributed by atoms with E-state index in [4.69, 9.17) is 10.5 Å². The van der Waals surface area contributed by atoms with Crippen LogP contribution in [-0.4, -0.2) is 22.7 Å². The second-order valence-electron chi connectivity index (χ2n) is 3.52. The van der Waals surface area contributed by atoms with Crippen LogP contribution in [0.4, 0.5) is 0 Å². The van der Waals surface area contributed by atoms with E-state index in [1.165, 1.54) is 0 Å². The van der Waals surface area contributed by atoms with E-state index in [0.29, 0.717) is 6.61 Å². The third-order valence-corrected chi connectivity index (χ3v) is 1.79. The van der Waals surface area contributed by atoms with Crippen LogP contribution >= 0.6 is 0 Å². The van der Waals surface area contributed by atoms with Crippen LogP contribution in [0, 0.1) is 6.92 Å². The van der Waals surface area contributed by atoms with Crippen molar-refractivity contribution in [3.05, 3.63) is 23.8 Å². The monoisotopic (exact) mass is 195 g/mol. The molecular weight excluding hydrogens is 178 g/mol. The standard InChI is InChI=1S/C10H17N3O/c1-7(2)14-6-9(11)10-4-5-12-8(3)13-10/h4-5,7,9H,6,11H2,1-3H3. The Morgan fingerprint density at radius 3 is 2.79 bits per heavy atom. The van der Waals surface area contributed by atoms with E-state index in [2.05, 4.69) is 9.97 Å². The van der Waals surface area contributed by atoms with Crippen molar-refractivity contribution in [1.82, 2.24) is 9.97 Å². The molecule has 1 aromatic heterocycles. The lowest BCUT2D eigenvalue weighted by atomic mass is 10.2. The van der Waals surface area contributed by atoms with Crippen LogP contribution < -0.4 is 5.73 Å². The lowest BCUT2D eigenvalue weighted by Gasteiger charge is -2.13. The summed E-state index contributed by atoms with van der Waals surface area (Å²) < 4.78 is 5.41. The zero-order chi connectivity index (χ0) is 10.6. The molecule has 0 bridgehead atoms. The highest BCUT2D eigenvalue weighted by Crippen LogP contribution is 2.07. The highest BCUT2D eigenvalue weighted by atomic mass is 16.5. The van der Waals surface area contributed by atoms with E-state index < -0.39 is 0 Å². The summed E-state index contributed by atoms with van der Waals surface area (Å²) in [6.45, 7) is 6.31. The fourth-order valence-corrected chi connectivity index (χ4v) is 1.06. The Balaban J connectivity index is 2.56. The van der Waals surface area contributed by atoms with E-state index in [9.17, 15) is 0 Å². The highest BCUT2D eigenvalue weighted by molar-refractivity contribution is 5.06. The van der Waals surface area contributed by atoms with Crippen LogP contribution in [0.25, 0.3) is 0 Å². The van der Waals surface area contributed by atoms with Gasteiger partial charge < -0.3 is 10.5 Å². The number of hydrogen-bond donors (Lipinski definition) is 1. The summed E-state index contributed by atoms with van der Waals surface area (Å²) in [5, 5.41) is 0. The fraction of sp³-hybridized carbons (Fsp3) is 0.600. The van der Waals surface area contributed by atoms with Gasteiger partial charge in [0.2, 0.25) is 0 Å². The molecule has 1 rings (SSSR count). The summed E-state index contributed by atoms with van der Waals surface area (Å²) >= 11 is 0. The van der Waals surface area contributed by atoms with Gasteiger partial charge in [-0.15, -0.1) is 0 Å². The van der Waals surface area contributed by atoms with Crippen molar-refractivity contribution in [3.63, 3.8) is 0 Å². The van der Waals surface area contributed by atoms with Crippen molar-refractivity contribution in [2.75, 3.05) is 6.61 Å². The molecule has 1 unspecified atom stereocenters. The Bertz CT molecular complexity index is 288. The quantitative estimate of drug-likeness (QED) is 0.784. The number of aromatic nitrogens is 2. The molecule has 0 saturated carbocycles. The largest absolute Gasteiger partial charge is 0.377 e. The first-order chi connectivity index (χ1) is 6.59. The van der Waals surface area contributed by atoms with Crippen LogP contribution in [0.15, 0.2) is 12.3 Å². The van der Waals surface area contributed by atoms with E-state index in [-0.39, 0.29) is 12.1 Å². The number of nitrogens with zero attached hydrogens (tertiary/aromatic N) is 2. The molecule has 0 aliphatic heterocycles. The molecule has 0 radical (unpaired) electrons. The maximum atomic E-state index is 5.90. The molecule has 1 aromatic rings. The SMILES string of the molecule is Cc1nccc(C(N)COC(C)C)n1. The average molecular weight is 195 g/mol. The molecule has 4 nitrogen and oxygen atoms in total. The molecule has 0 saturated heterocycles. The first-order valence-electron chi connectivity index (χ1n) is 4.76. The van der Waals surface area contributed by atoms with Gasteiger partial charge in [0.05, 0.1) is 24.4 Å². The number of ether oxygens (including phenoxy) is 1. The third kappa shape index (κ3) is 3.40. The van der Waals surface area contributed by atoms with E-state index in [0.717, 1.165) is 11.5 Å². The minimum absolute atomic E-state index is 0.167. The number of hydrogen-bond acceptors (Lipinski definition) is 4. The Hall–Kier alpha value is -1.00. The second kappa shape index (κ2) is 5.02. The normalized spacial score (nSPS) is 13.2. The van der Waals surface area contributed by atoms with Gasteiger partial charge in [0.15, 0.2) is 0 Å². The predicted molar refractivity (Wildman–Crippen MR) is 54.8 cm³/mol. The summed E-state index contributed by atoms with van der Waals surface area (Å²) in [6, 6.07) is 1.65. The lowest BCUT2D eigenvalue weighted by molar-refractivity contribution is 0.0676. The van der Waals surface area contributed by atoms with Crippen molar-refractivity contribution < 1.29 is 4.74 Å². The Kier molecular flexibility index (Phi) is 3.98. The summed E-state index contributed by atoms with van der Waals surface area (Å²) in [5.41, 5.74) is 6.73. The van der Waals surface area contributed by atoms with Crippen LogP contribution in [0.3, 0.4) is 0 Å². The van der Waals surface area contributed by atoms with Crippen LogP contribution in [-0.2, 0) is 4.74 Å². The minimum atomic E-state index is -0.167. The van der Waals surface area contributed by atoms with Gasteiger partial charge in [-0.1, -0.05) is 0 Å². The molecule has 0 aromatic carbocycles. The van der Waals surface area contributed by atoms with Crippen LogP contribution in [0.2, 0.25) is 0 Å². The molecule has 0 aliphatic rings. The van der Waals surface area contributed by atoms with Gasteiger partial charge >= 0.3 is 0 Å². The van der Waals surface area contributed by atoms with Crippen molar-refractivity contribution in [2.24, 2.45) is 5.73 Å². The number of aryl methyl sites for hydroxylation is 1. The summed E-state index contributed by atoms with van der Waals surface area (Å²) in [5.74, 6) is 0.738. The zero-order valence-electron chi connectivity index (χ0n) is 8.90. The van der Waals surface area contributed by atoms with Gasteiger partial charge in [-0.05, 0) is 26.8 Å². The molecule has 1 atom stereocenters. The molecule has 78 valence electrons. The summed E-state index contributed by atoms with van der Waals surface area (Å²) in [7, 11) is 0. The molecule has 0 fully saturated rings. The van der Waals surface area contributed by atoms with Gasteiger partial charge in [0, 0.05) is 6.20 Å². The van der Waals surface area contributed by atoms with Crippen molar-refractivity contribution in [2.45, 2.75) is 32.9 Å². The van der Waals surface area contributed by atoms with E-state index >= 15 is 0 Å². The van der Waals surface area contributed by atoms with Gasteiger partial charge in [-0.3, -0.25) is 0 Å². The topological polar surface area (TPSA) is 61.0 Å². The van der Waals surface area contributed by atoms with Gasteiger partial charge in [0.25, 0.3) is 0 Å². The molecule has 14 heavy (non-hydrogen) atoms. The lowest BCUT2D eigenvalue weighted by Crippen LogP contribution is -2.21. The van der Waals surface area contributed by atoms with Crippen molar-refractivity contribution in [3.8, 4) is 0 Å². The van der Waals surface area contributed by atoms with Crippen LogP contribution in [0.1, 0.15) is 31.4 Å². The van der Waals surface area contributed by atoms with Crippen molar-refractivity contribution >= 4 is 0 Å². The Morgan fingerprint density at radius 2 is 2.21 bits per heavy atom. The maximum Gasteiger partial charge on any atom is 0.125 e.